The van der Waals surface area contributed by atoms with Gasteiger partial charge in [0, 0.05) is 6.07 Å². The van der Waals surface area contributed by atoms with Crippen LogP contribution in [0.25, 0.3) is 0 Å². The van der Waals surface area contributed by atoms with Crippen LogP contribution >= 0.6 is 0 Å². The molecule has 0 heterocycles. The van der Waals surface area contributed by atoms with E-state index in [-0.39, 0.29) is 32.9 Å². The Balaban J connectivity index is 0.000000213. The molecule has 0 N–H and O–H groups in total. The molecule has 0 aliphatic heterocycles. The Morgan fingerprint density at radius 1 is 0.617 bits per heavy atom. The zero-order chi connectivity index (χ0) is 34.2. The largest absolute Gasteiger partial charge is 0.744 e. The number of rotatable bonds is 9. The minimum atomic E-state index is -4.69. The van der Waals surface area contributed by atoms with Crippen LogP contribution in [0.4, 0.5) is 0 Å². The van der Waals surface area contributed by atoms with E-state index in [0.29, 0.717) is 0 Å². The van der Waals surface area contributed by atoms with Crippen molar-refractivity contribution < 1.29 is 35.0 Å². The maximum Gasteiger partial charge on any atom is 0.339 e. The highest BCUT2D eigenvalue weighted by atomic mass is 32.2. The Bertz CT molecular complexity index is 1930. The van der Waals surface area contributed by atoms with E-state index in [2.05, 4.69) is 106 Å². The average Bonchev–Trinajstić information content (AvgIpc) is 3.02. The van der Waals surface area contributed by atoms with Gasteiger partial charge in [0.25, 0.3) is 0 Å². The quantitative estimate of drug-likeness (QED) is 0.0879. The zero-order valence-corrected chi connectivity index (χ0v) is 29.1. The lowest BCUT2D eigenvalue weighted by Crippen LogP contribution is -2.22. The van der Waals surface area contributed by atoms with Gasteiger partial charge in [-0.3, -0.25) is 0 Å². The van der Waals surface area contributed by atoms with Crippen LogP contribution in [-0.4, -0.2) is 34.1 Å². The Hall–Kier alpha value is -4.29. The second kappa shape index (κ2) is 15.1. The first-order chi connectivity index (χ1) is 22.2. The van der Waals surface area contributed by atoms with Crippen molar-refractivity contribution in [2.24, 2.45) is 0 Å². The number of benzene rings is 5. The standard InChI is InChI=1S/C22H23OS.C14H14O7S2/c1-22(2,3)23-18-14-16-21(17-15-18)24(19-10-6-4-7-11-19)20-12-8-5-9-13-20;1-10-3-5-11(6-4-10)23(18,19)21-13-8-7-12(22(15,16)17)9-14(13)20-2/h4-17H,1-3H3;3-9H,1-2H3,(H,15,16,17)/q+1;/p-1. The third kappa shape index (κ3) is 10.1. The number of aryl methyl sites for hydroxylation is 1. The van der Waals surface area contributed by atoms with E-state index in [1.807, 2.05) is 6.92 Å². The van der Waals surface area contributed by atoms with E-state index >= 15 is 0 Å². The molecule has 5 aromatic rings. The minimum absolute atomic E-state index is 0.0642. The van der Waals surface area contributed by atoms with Crippen LogP contribution in [0.1, 0.15) is 26.3 Å². The smallest absolute Gasteiger partial charge is 0.339 e. The summed E-state index contributed by atoms with van der Waals surface area (Å²) in [4.78, 5) is 3.34. The van der Waals surface area contributed by atoms with E-state index < -0.39 is 25.1 Å². The summed E-state index contributed by atoms with van der Waals surface area (Å²) in [6.45, 7) is 8.01. The first-order valence-electron chi connectivity index (χ1n) is 14.4. The maximum atomic E-state index is 12.2. The summed E-state index contributed by atoms with van der Waals surface area (Å²) in [6.07, 6.45) is 0. The molecule has 5 rings (SSSR count). The van der Waals surface area contributed by atoms with Gasteiger partial charge < -0.3 is 18.2 Å². The Kier molecular flexibility index (Phi) is 11.4. The van der Waals surface area contributed by atoms with Gasteiger partial charge in [0.05, 0.1) is 22.9 Å². The summed E-state index contributed by atoms with van der Waals surface area (Å²) < 4.78 is 73.2. The van der Waals surface area contributed by atoms with Crippen molar-refractivity contribution in [1.29, 1.82) is 0 Å². The summed E-state index contributed by atoms with van der Waals surface area (Å²) >= 11 is 0. The van der Waals surface area contributed by atoms with Crippen LogP contribution in [0.15, 0.2) is 152 Å². The summed E-state index contributed by atoms with van der Waals surface area (Å²) in [6, 6.07) is 38.8. The Morgan fingerprint density at radius 2 is 1.11 bits per heavy atom. The summed E-state index contributed by atoms with van der Waals surface area (Å²) in [5, 5.41) is 0. The normalized spacial score (nSPS) is 11.7. The molecule has 0 aliphatic carbocycles. The molecule has 0 bridgehead atoms. The Morgan fingerprint density at radius 3 is 1.57 bits per heavy atom. The molecule has 0 unspecified atom stereocenters. The van der Waals surface area contributed by atoms with Crippen molar-refractivity contribution in [3.05, 3.63) is 133 Å². The fourth-order valence-corrected chi connectivity index (χ4v) is 7.77. The highest BCUT2D eigenvalue weighted by molar-refractivity contribution is 7.97. The average molecular weight is 693 g/mol. The van der Waals surface area contributed by atoms with Gasteiger partial charge in [-0.05, 0) is 100 Å². The third-order valence-corrected chi connectivity index (χ3v) is 10.7. The second-order valence-electron chi connectivity index (χ2n) is 11.2. The van der Waals surface area contributed by atoms with E-state index in [0.717, 1.165) is 29.5 Å². The van der Waals surface area contributed by atoms with Crippen LogP contribution in [0.2, 0.25) is 0 Å². The fourth-order valence-electron chi connectivity index (χ4n) is 4.26. The van der Waals surface area contributed by atoms with Crippen molar-refractivity contribution in [3.8, 4) is 17.2 Å². The lowest BCUT2D eigenvalue weighted by atomic mass is 10.2. The zero-order valence-electron chi connectivity index (χ0n) is 26.6. The summed E-state index contributed by atoms with van der Waals surface area (Å²) in [5.74, 6) is 0.508. The summed E-state index contributed by atoms with van der Waals surface area (Å²) in [5.41, 5.74) is 0.703. The molecule has 246 valence electrons. The van der Waals surface area contributed by atoms with Gasteiger partial charge in [-0.2, -0.15) is 8.42 Å². The molecule has 0 saturated heterocycles. The second-order valence-corrected chi connectivity index (χ2v) is 16.2. The van der Waals surface area contributed by atoms with Crippen LogP contribution in [0.3, 0.4) is 0 Å². The number of hydrogen-bond donors (Lipinski definition) is 0. The molecule has 47 heavy (non-hydrogen) atoms. The van der Waals surface area contributed by atoms with Crippen LogP contribution in [0.5, 0.6) is 17.2 Å². The van der Waals surface area contributed by atoms with E-state index in [4.69, 9.17) is 13.7 Å². The lowest BCUT2D eigenvalue weighted by molar-refractivity contribution is 0.131. The van der Waals surface area contributed by atoms with Gasteiger partial charge in [-0.25, -0.2) is 8.42 Å². The maximum absolute atomic E-state index is 12.2. The van der Waals surface area contributed by atoms with Gasteiger partial charge in [-0.1, -0.05) is 54.1 Å². The summed E-state index contributed by atoms with van der Waals surface area (Å²) in [7, 11) is -7.71. The lowest BCUT2D eigenvalue weighted by Gasteiger charge is -2.21. The molecule has 8 nitrogen and oxygen atoms in total. The van der Waals surface area contributed by atoms with Gasteiger partial charge in [0.1, 0.15) is 26.4 Å². The number of methoxy groups -OCH3 is 1. The first-order valence-corrected chi connectivity index (χ1v) is 18.5. The molecular formula is C36H36O8S3. The molecule has 0 fully saturated rings. The van der Waals surface area contributed by atoms with Crippen molar-refractivity contribution in [3.63, 3.8) is 0 Å². The molecule has 0 spiro atoms. The van der Waals surface area contributed by atoms with Crippen molar-refractivity contribution in [2.75, 3.05) is 7.11 Å². The van der Waals surface area contributed by atoms with Gasteiger partial charge in [-0.15, -0.1) is 0 Å². The van der Waals surface area contributed by atoms with Crippen molar-refractivity contribution in [2.45, 2.75) is 57.8 Å². The minimum Gasteiger partial charge on any atom is -0.744 e. The molecule has 0 amide bonds. The van der Waals surface area contributed by atoms with Gasteiger partial charge in [0.15, 0.2) is 26.2 Å². The molecule has 5 aromatic carbocycles. The highest BCUT2D eigenvalue weighted by Gasteiger charge is 2.28. The van der Waals surface area contributed by atoms with Crippen LogP contribution < -0.4 is 13.7 Å². The third-order valence-electron chi connectivity index (χ3n) is 6.37. The van der Waals surface area contributed by atoms with Crippen LogP contribution in [-0.2, 0) is 31.1 Å². The molecule has 0 saturated carbocycles. The number of ether oxygens (including phenoxy) is 2. The predicted octanol–water partition coefficient (Wildman–Crippen LogP) is 7.63. The molecule has 11 heteroatoms. The molecule has 0 atom stereocenters. The SMILES string of the molecule is CC(C)(C)Oc1ccc([S+](c2ccccc2)c2ccccc2)cc1.COc1cc(S(=O)(=O)[O-])ccc1OS(=O)(=O)c1ccc(C)cc1. The topological polar surface area (TPSA) is 119 Å². The first kappa shape index (κ1) is 35.6. The molecule has 0 radical (unpaired) electrons. The van der Waals surface area contributed by atoms with Crippen molar-refractivity contribution in [1.82, 2.24) is 0 Å². The van der Waals surface area contributed by atoms with Crippen LogP contribution in [0, 0.1) is 6.92 Å². The van der Waals surface area contributed by atoms with E-state index in [9.17, 15) is 21.4 Å². The van der Waals surface area contributed by atoms with Gasteiger partial charge in [0.2, 0.25) is 0 Å². The van der Waals surface area contributed by atoms with E-state index in [1.165, 1.54) is 33.9 Å². The van der Waals surface area contributed by atoms with E-state index in [1.54, 1.807) is 12.1 Å². The fraction of sp³-hybridized carbons (Fsp3) is 0.167. The van der Waals surface area contributed by atoms with Gasteiger partial charge >= 0.3 is 10.1 Å². The number of hydrogen-bond acceptors (Lipinski definition) is 8. The monoisotopic (exact) mass is 692 g/mol. The van der Waals surface area contributed by atoms with Crippen molar-refractivity contribution >= 4 is 31.1 Å². The molecule has 0 aliphatic rings. The highest BCUT2D eigenvalue weighted by Crippen LogP contribution is 2.33. The molecular weight excluding hydrogens is 657 g/mol. The predicted molar refractivity (Wildman–Crippen MR) is 182 cm³/mol. The Labute approximate surface area is 280 Å². The molecule has 0 aromatic heterocycles.